The molecule has 0 spiro atoms. The molecule has 2 heteroatoms. The van der Waals surface area contributed by atoms with Crippen molar-refractivity contribution in [3.8, 4) is 0 Å². The van der Waals surface area contributed by atoms with Crippen LogP contribution < -0.4 is 5.32 Å². The van der Waals surface area contributed by atoms with E-state index in [0.29, 0.717) is 0 Å². The Kier molecular flexibility index (Phi) is 2.25. The number of anilines is 1. The van der Waals surface area contributed by atoms with Crippen molar-refractivity contribution in [2.75, 3.05) is 5.32 Å². The third kappa shape index (κ3) is 1.54. The molecule has 16 heavy (non-hydrogen) atoms. The lowest BCUT2D eigenvalue weighted by Crippen LogP contribution is -2.45. The molecule has 0 saturated carbocycles. The Labute approximate surface area is 96.0 Å². The predicted octanol–water partition coefficient (Wildman–Crippen LogP) is 2.49. The van der Waals surface area contributed by atoms with Crippen LogP contribution in [0.1, 0.15) is 24.8 Å². The Bertz CT molecular complexity index is 401. The first kappa shape index (κ1) is 9.91. The van der Waals surface area contributed by atoms with E-state index in [1.54, 1.807) is 0 Å². The zero-order valence-corrected chi connectivity index (χ0v) is 9.32. The first-order valence-electron chi connectivity index (χ1n) is 6.02. The van der Waals surface area contributed by atoms with Crippen LogP contribution >= 0.6 is 0 Å². The first-order valence-corrected chi connectivity index (χ1v) is 6.02. The lowest BCUT2D eigenvalue weighted by atomic mass is 9.83. The van der Waals surface area contributed by atoms with Gasteiger partial charge < -0.3 is 10.4 Å². The average Bonchev–Trinajstić information content (AvgIpc) is 2.74. The van der Waals surface area contributed by atoms with Crippen molar-refractivity contribution in [3.63, 3.8) is 0 Å². The maximum atomic E-state index is 10.6. The summed E-state index contributed by atoms with van der Waals surface area (Å²) >= 11 is 0. The monoisotopic (exact) mass is 215 g/mol. The standard InChI is InChI=1S/C14H17NO/c16-14(8-4-1-5-9-14)13-10-11-6-2-3-7-12(11)15-13/h2-4,6-8,13,15-16H,1,5,9-10H2. The van der Waals surface area contributed by atoms with Crippen molar-refractivity contribution < 1.29 is 5.11 Å². The molecule has 0 fully saturated rings. The van der Waals surface area contributed by atoms with Crippen molar-refractivity contribution in [3.05, 3.63) is 42.0 Å². The fourth-order valence-electron chi connectivity index (χ4n) is 2.76. The fourth-order valence-corrected chi connectivity index (χ4v) is 2.76. The fraction of sp³-hybridized carbons (Fsp3) is 0.429. The molecule has 3 rings (SSSR count). The molecule has 2 atom stereocenters. The van der Waals surface area contributed by atoms with Gasteiger partial charge in [-0.3, -0.25) is 0 Å². The molecule has 1 aliphatic carbocycles. The molecule has 1 heterocycles. The maximum absolute atomic E-state index is 10.6. The Morgan fingerprint density at radius 1 is 1.31 bits per heavy atom. The van der Waals surface area contributed by atoms with Gasteiger partial charge >= 0.3 is 0 Å². The maximum Gasteiger partial charge on any atom is 0.103 e. The Balaban J connectivity index is 1.85. The largest absolute Gasteiger partial charge is 0.384 e. The number of fused-ring (bicyclic) bond motifs is 1. The van der Waals surface area contributed by atoms with Gasteiger partial charge in [-0.25, -0.2) is 0 Å². The molecule has 0 radical (unpaired) electrons. The minimum atomic E-state index is -0.655. The highest BCUT2D eigenvalue weighted by atomic mass is 16.3. The summed E-state index contributed by atoms with van der Waals surface area (Å²) in [6.45, 7) is 0. The second kappa shape index (κ2) is 3.63. The van der Waals surface area contributed by atoms with Crippen molar-refractivity contribution in [2.45, 2.75) is 37.3 Å². The van der Waals surface area contributed by atoms with Crippen molar-refractivity contribution in [1.82, 2.24) is 0 Å². The van der Waals surface area contributed by atoms with Crippen LogP contribution in [0.3, 0.4) is 0 Å². The highest BCUT2D eigenvalue weighted by Crippen LogP contribution is 2.35. The number of hydrogen-bond acceptors (Lipinski definition) is 2. The third-order valence-electron chi connectivity index (χ3n) is 3.73. The minimum absolute atomic E-state index is 0.140. The third-order valence-corrected chi connectivity index (χ3v) is 3.73. The number of benzene rings is 1. The van der Waals surface area contributed by atoms with E-state index in [2.05, 4.69) is 29.6 Å². The SMILES string of the molecule is OC1(C2Cc3ccccc3N2)C=CCCC1. The summed E-state index contributed by atoms with van der Waals surface area (Å²) in [5.41, 5.74) is 1.84. The van der Waals surface area contributed by atoms with Crippen LogP contribution in [0.4, 0.5) is 5.69 Å². The first-order chi connectivity index (χ1) is 7.78. The second-order valence-electron chi connectivity index (χ2n) is 4.84. The van der Waals surface area contributed by atoms with Gasteiger partial charge in [0.15, 0.2) is 0 Å². The molecule has 1 aliphatic heterocycles. The van der Waals surface area contributed by atoms with Crippen LogP contribution in [0.2, 0.25) is 0 Å². The highest BCUT2D eigenvalue weighted by molar-refractivity contribution is 5.57. The summed E-state index contributed by atoms with van der Waals surface area (Å²) in [6, 6.07) is 8.46. The average molecular weight is 215 g/mol. The normalized spacial score (nSPS) is 32.2. The molecule has 0 bridgehead atoms. The Hall–Kier alpha value is -1.28. The quantitative estimate of drug-likeness (QED) is 0.705. The molecule has 84 valence electrons. The van der Waals surface area contributed by atoms with Crippen molar-refractivity contribution in [1.29, 1.82) is 0 Å². The summed E-state index contributed by atoms with van der Waals surface area (Å²) in [5.74, 6) is 0. The summed E-state index contributed by atoms with van der Waals surface area (Å²) < 4.78 is 0. The van der Waals surface area contributed by atoms with Gasteiger partial charge in [0.05, 0.1) is 6.04 Å². The Morgan fingerprint density at radius 2 is 2.19 bits per heavy atom. The Morgan fingerprint density at radius 3 is 2.94 bits per heavy atom. The van der Waals surface area contributed by atoms with Crippen LogP contribution in [0.25, 0.3) is 0 Å². The molecule has 1 aromatic rings. The van der Waals surface area contributed by atoms with Gasteiger partial charge in [-0.05, 0) is 37.3 Å². The lowest BCUT2D eigenvalue weighted by molar-refractivity contribution is 0.0565. The summed E-state index contributed by atoms with van der Waals surface area (Å²) in [4.78, 5) is 0. The van der Waals surface area contributed by atoms with E-state index >= 15 is 0 Å². The molecule has 2 unspecified atom stereocenters. The smallest absolute Gasteiger partial charge is 0.103 e. The van der Waals surface area contributed by atoms with E-state index in [4.69, 9.17) is 0 Å². The van der Waals surface area contributed by atoms with Gasteiger partial charge in [0.1, 0.15) is 5.60 Å². The van der Waals surface area contributed by atoms with E-state index in [-0.39, 0.29) is 6.04 Å². The van der Waals surface area contributed by atoms with Gasteiger partial charge in [0.2, 0.25) is 0 Å². The zero-order chi connectivity index (χ0) is 11.0. The van der Waals surface area contributed by atoms with Gasteiger partial charge in [-0.1, -0.05) is 30.4 Å². The number of rotatable bonds is 1. The van der Waals surface area contributed by atoms with Crippen molar-refractivity contribution in [2.24, 2.45) is 0 Å². The van der Waals surface area contributed by atoms with E-state index in [1.807, 2.05) is 12.1 Å². The molecule has 0 amide bonds. The highest BCUT2D eigenvalue weighted by Gasteiger charge is 2.38. The van der Waals surface area contributed by atoms with E-state index in [1.165, 1.54) is 11.3 Å². The van der Waals surface area contributed by atoms with Crippen LogP contribution in [-0.4, -0.2) is 16.7 Å². The number of para-hydroxylation sites is 1. The van der Waals surface area contributed by atoms with Gasteiger partial charge in [0.25, 0.3) is 0 Å². The predicted molar refractivity (Wildman–Crippen MR) is 65.5 cm³/mol. The molecule has 1 aromatic carbocycles. The molecule has 0 aromatic heterocycles. The number of hydrogen-bond donors (Lipinski definition) is 2. The molecule has 0 saturated heterocycles. The van der Waals surface area contributed by atoms with Crippen LogP contribution in [0, 0.1) is 0 Å². The zero-order valence-electron chi connectivity index (χ0n) is 9.32. The lowest BCUT2D eigenvalue weighted by Gasteiger charge is -2.33. The van der Waals surface area contributed by atoms with Crippen LogP contribution in [0.5, 0.6) is 0 Å². The van der Waals surface area contributed by atoms with E-state index in [0.717, 1.165) is 25.7 Å². The second-order valence-corrected chi connectivity index (χ2v) is 4.84. The number of nitrogens with one attached hydrogen (secondary N) is 1. The molecular weight excluding hydrogens is 198 g/mol. The van der Waals surface area contributed by atoms with Crippen molar-refractivity contribution >= 4 is 5.69 Å². The van der Waals surface area contributed by atoms with Gasteiger partial charge in [-0.2, -0.15) is 0 Å². The van der Waals surface area contributed by atoms with E-state index < -0.39 is 5.60 Å². The summed E-state index contributed by atoms with van der Waals surface area (Å²) in [6.07, 6.45) is 8.07. The molecular formula is C14H17NO. The minimum Gasteiger partial charge on any atom is -0.384 e. The molecule has 2 aliphatic rings. The van der Waals surface area contributed by atoms with Gasteiger partial charge in [-0.15, -0.1) is 0 Å². The molecule has 2 N–H and O–H groups in total. The van der Waals surface area contributed by atoms with Crippen LogP contribution in [0.15, 0.2) is 36.4 Å². The topological polar surface area (TPSA) is 32.3 Å². The van der Waals surface area contributed by atoms with Gasteiger partial charge in [0, 0.05) is 5.69 Å². The number of aliphatic hydroxyl groups is 1. The van der Waals surface area contributed by atoms with E-state index in [9.17, 15) is 5.11 Å². The molecule has 2 nitrogen and oxygen atoms in total. The number of allylic oxidation sites excluding steroid dienone is 1. The summed E-state index contributed by atoms with van der Waals surface area (Å²) in [7, 11) is 0. The summed E-state index contributed by atoms with van der Waals surface area (Å²) in [5, 5.41) is 14.0. The van der Waals surface area contributed by atoms with Crippen LogP contribution in [-0.2, 0) is 6.42 Å².